The summed E-state index contributed by atoms with van der Waals surface area (Å²) in [6, 6.07) is 2.68. The molecule has 0 radical (unpaired) electrons. The molecule has 1 amide bonds. The van der Waals surface area contributed by atoms with Crippen molar-refractivity contribution in [1.29, 1.82) is 0 Å². The van der Waals surface area contributed by atoms with E-state index in [0.717, 1.165) is 19.3 Å². The third-order valence-electron chi connectivity index (χ3n) is 5.61. The third-order valence-corrected chi connectivity index (χ3v) is 8.44. The summed E-state index contributed by atoms with van der Waals surface area (Å²) in [5, 5.41) is 3.20. The zero-order chi connectivity index (χ0) is 20.4. The van der Waals surface area contributed by atoms with Crippen LogP contribution in [0.5, 0.6) is 0 Å². The molecule has 2 rings (SSSR count). The maximum atomic E-state index is 12.9. The number of carbonyl (C=O) groups is 1. The second-order valence-corrected chi connectivity index (χ2v) is 9.92. The first-order valence-corrected chi connectivity index (χ1v) is 11.6. The predicted molar refractivity (Wildman–Crippen MR) is 110 cm³/mol. The number of hydrogen-bond acceptors (Lipinski definition) is 3. The van der Waals surface area contributed by atoms with E-state index in [-0.39, 0.29) is 32.5 Å². The molecule has 1 aromatic rings. The van der Waals surface area contributed by atoms with Gasteiger partial charge >= 0.3 is 0 Å². The third kappa shape index (κ3) is 4.78. The minimum absolute atomic E-state index is 0.0168. The largest absolute Gasteiger partial charge is 0.349 e. The smallest absolute Gasteiger partial charge is 0.253 e. The summed E-state index contributed by atoms with van der Waals surface area (Å²) in [6.07, 6.45) is 3.13. The highest BCUT2D eigenvalue weighted by Gasteiger charge is 2.30. The lowest BCUT2D eigenvalue weighted by molar-refractivity contribution is 0.0891. The second-order valence-electron chi connectivity index (χ2n) is 7.20. The fraction of sp³-hybridized carbons (Fsp3) is 0.632. The number of amides is 1. The molecule has 152 valence electrons. The Morgan fingerprint density at radius 2 is 1.78 bits per heavy atom. The Hall–Kier alpha value is -0.820. The Labute approximate surface area is 172 Å². The van der Waals surface area contributed by atoms with E-state index in [0.29, 0.717) is 24.9 Å². The molecule has 5 nitrogen and oxygen atoms in total. The average molecular weight is 435 g/mol. The van der Waals surface area contributed by atoms with Crippen LogP contribution >= 0.6 is 23.2 Å². The molecule has 27 heavy (non-hydrogen) atoms. The van der Waals surface area contributed by atoms with Gasteiger partial charge in [0.1, 0.15) is 4.90 Å². The maximum absolute atomic E-state index is 12.9. The first-order valence-electron chi connectivity index (χ1n) is 9.43. The lowest BCUT2D eigenvalue weighted by Crippen LogP contribution is -2.43. The van der Waals surface area contributed by atoms with Gasteiger partial charge < -0.3 is 5.32 Å². The lowest BCUT2D eigenvalue weighted by atomic mass is 9.78. The summed E-state index contributed by atoms with van der Waals surface area (Å²) in [7, 11) is -3.79. The maximum Gasteiger partial charge on any atom is 0.253 e. The molecule has 0 saturated heterocycles. The van der Waals surface area contributed by atoms with Crippen LogP contribution in [0.1, 0.15) is 57.3 Å². The normalized spacial score (nSPS) is 23.4. The van der Waals surface area contributed by atoms with Crippen molar-refractivity contribution in [3.63, 3.8) is 0 Å². The minimum atomic E-state index is -3.79. The van der Waals surface area contributed by atoms with Crippen LogP contribution in [0.15, 0.2) is 17.0 Å². The molecule has 0 bridgehead atoms. The molecule has 0 spiro atoms. The van der Waals surface area contributed by atoms with E-state index >= 15 is 0 Å². The molecular formula is C19H28Cl2N2O3S. The molecule has 3 atom stereocenters. The molecule has 0 unspecified atom stereocenters. The Morgan fingerprint density at radius 1 is 1.15 bits per heavy atom. The van der Waals surface area contributed by atoms with Crippen LogP contribution in [-0.4, -0.2) is 37.8 Å². The molecule has 1 aliphatic carbocycles. The van der Waals surface area contributed by atoms with Crippen LogP contribution in [0.25, 0.3) is 0 Å². The number of sulfonamides is 1. The lowest BCUT2D eigenvalue weighted by Gasteiger charge is -2.34. The SMILES string of the molecule is CCN(CC)S(=O)(=O)c1cc(C(=O)N[C@@H]2CCC[C@@H](C)[C@@H]2C)c(Cl)cc1Cl. The van der Waals surface area contributed by atoms with Crippen LogP contribution in [0.3, 0.4) is 0 Å². The van der Waals surface area contributed by atoms with Gasteiger partial charge in [-0.15, -0.1) is 0 Å². The quantitative estimate of drug-likeness (QED) is 0.712. The highest BCUT2D eigenvalue weighted by atomic mass is 35.5. The van der Waals surface area contributed by atoms with Gasteiger partial charge in [-0.3, -0.25) is 4.79 Å². The number of nitrogens with one attached hydrogen (secondary N) is 1. The summed E-state index contributed by atoms with van der Waals surface area (Å²) in [6.45, 7) is 8.46. The Morgan fingerprint density at radius 3 is 2.37 bits per heavy atom. The fourth-order valence-corrected chi connectivity index (χ4v) is 5.93. The van der Waals surface area contributed by atoms with E-state index in [2.05, 4.69) is 19.2 Å². The van der Waals surface area contributed by atoms with Gasteiger partial charge in [0.2, 0.25) is 10.0 Å². The van der Waals surface area contributed by atoms with E-state index < -0.39 is 10.0 Å². The summed E-state index contributed by atoms with van der Waals surface area (Å²) < 4.78 is 27.0. The van der Waals surface area contributed by atoms with Crippen LogP contribution in [0.2, 0.25) is 10.0 Å². The van der Waals surface area contributed by atoms with Crippen molar-refractivity contribution in [3.05, 3.63) is 27.7 Å². The fourth-order valence-electron chi connectivity index (χ4n) is 3.64. The van der Waals surface area contributed by atoms with Gasteiger partial charge in [-0.2, -0.15) is 4.31 Å². The van der Waals surface area contributed by atoms with Crippen LogP contribution < -0.4 is 5.32 Å². The number of nitrogens with zero attached hydrogens (tertiary/aromatic N) is 1. The monoisotopic (exact) mass is 434 g/mol. The van der Waals surface area contributed by atoms with Crippen molar-refractivity contribution >= 4 is 39.1 Å². The molecule has 1 aliphatic rings. The van der Waals surface area contributed by atoms with Gasteiger partial charge in [0, 0.05) is 19.1 Å². The van der Waals surface area contributed by atoms with E-state index in [4.69, 9.17) is 23.2 Å². The van der Waals surface area contributed by atoms with E-state index in [1.807, 2.05) is 0 Å². The Balaban J connectivity index is 2.36. The number of rotatable bonds is 6. The zero-order valence-electron chi connectivity index (χ0n) is 16.3. The number of hydrogen-bond donors (Lipinski definition) is 1. The average Bonchev–Trinajstić information content (AvgIpc) is 2.59. The molecule has 8 heteroatoms. The topological polar surface area (TPSA) is 66.5 Å². The summed E-state index contributed by atoms with van der Waals surface area (Å²) >= 11 is 12.4. The van der Waals surface area contributed by atoms with Gasteiger partial charge in [-0.1, -0.05) is 63.7 Å². The standard InChI is InChI=1S/C19H28Cl2N2O3S/c1-5-23(6-2)27(25,26)18-10-14(15(20)11-16(18)21)19(24)22-17-9-7-8-12(3)13(17)4/h10-13,17H,5-9H2,1-4H3,(H,22,24)/t12-,13+,17-/m1/s1. The van der Waals surface area contributed by atoms with Crippen molar-refractivity contribution in [1.82, 2.24) is 9.62 Å². The molecule has 1 N–H and O–H groups in total. The number of benzene rings is 1. The van der Waals surface area contributed by atoms with Crippen molar-refractivity contribution in [2.24, 2.45) is 11.8 Å². The first-order chi connectivity index (χ1) is 12.6. The van der Waals surface area contributed by atoms with Crippen molar-refractivity contribution in [2.75, 3.05) is 13.1 Å². The first kappa shape index (κ1) is 22.5. The zero-order valence-corrected chi connectivity index (χ0v) is 18.6. The van der Waals surface area contributed by atoms with Gasteiger partial charge in [0.25, 0.3) is 5.91 Å². The minimum Gasteiger partial charge on any atom is -0.349 e. The van der Waals surface area contributed by atoms with Crippen LogP contribution in [-0.2, 0) is 10.0 Å². The highest BCUT2D eigenvalue weighted by molar-refractivity contribution is 7.89. The Kier molecular flexibility index (Phi) is 7.59. The van der Waals surface area contributed by atoms with E-state index in [1.54, 1.807) is 13.8 Å². The second kappa shape index (κ2) is 9.12. The van der Waals surface area contributed by atoms with Gasteiger partial charge in [-0.05, 0) is 30.4 Å². The molecular weight excluding hydrogens is 407 g/mol. The molecule has 0 heterocycles. The van der Waals surface area contributed by atoms with Gasteiger partial charge in [0.05, 0.1) is 15.6 Å². The number of carbonyl (C=O) groups excluding carboxylic acids is 1. The molecule has 0 aliphatic heterocycles. The molecule has 0 aromatic heterocycles. The van der Waals surface area contributed by atoms with Gasteiger partial charge in [0.15, 0.2) is 0 Å². The Bertz CT molecular complexity index is 794. The van der Waals surface area contributed by atoms with E-state index in [9.17, 15) is 13.2 Å². The van der Waals surface area contributed by atoms with Crippen molar-refractivity contribution in [3.8, 4) is 0 Å². The van der Waals surface area contributed by atoms with Gasteiger partial charge in [-0.25, -0.2) is 8.42 Å². The molecule has 1 aromatic carbocycles. The summed E-state index contributed by atoms with van der Waals surface area (Å²) in [4.78, 5) is 12.7. The number of halogens is 2. The van der Waals surface area contributed by atoms with Crippen LogP contribution in [0, 0.1) is 11.8 Å². The molecule has 1 saturated carbocycles. The van der Waals surface area contributed by atoms with Crippen molar-refractivity contribution < 1.29 is 13.2 Å². The summed E-state index contributed by atoms with van der Waals surface area (Å²) in [5.41, 5.74) is 0.136. The predicted octanol–water partition coefficient (Wildman–Crippen LogP) is 4.58. The summed E-state index contributed by atoms with van der Waals surface area (Å²) in [5.74, 6) is 0.523. The molecule has 1 fully saturated rings. The van der Waals surface area contributed by atoms with Crippen molar-refractivity contribution in [2.45, 2.75) is 57.9 Å². The highest BCUT2D eigenvalue weighted by Crippen LogP contribution is 2.32. The van der Waals surface area contributed by atoms with Crippen LogP contribution in [0.4, 0.5) is 0 Å². The van der Waals surface area contributed by atoms with E-state index in [1.165, 1.54) is 16.4 Å².